The van der Waals surface area contributed by atoms with Gasteiger partial charge in [0.15, 0.2) is 0 Å². The molecule has 0 fully saturated rings. The predicted molar refractivity (Wildman–Crippen MR) is 64.4 cm³/mol. The van der Waals surface area contributed by atoms with Crippen LogP contribution in [-0.2, 0) is 22.3 Å². The summed E-state index contributed by atoms with van der Waals surface area (Å²) in [5.74, 6) is -0.337. The highest BCUT2D eigenvalue weighted by Gasteiger charge is 2.30. The van der Waals surface area contributed by atoms with Gasteiger partial charge >= 0.3 is 12.1 Å². The van der Waals surface area contributed by atoms with Crippen molar-refractivity contribution < 1.29 is 22.7 Å². The molecule has 6 heteroatoms. The van der Waals surface area contributed by atoms with Gasteiger partial charge in [-0.05, 0) is 18.7 Å². The molecule has 0 atom stereocenters. The minimum Gasteiger partial charge on any atom is -0.469 e. The van der Waals surface area contributed by atoms with E-state index < -0.39 is 11.7 Å². The molecule has 3 nitrogen and oxygen atoms in total. The fraction of sp³-hybridized carbons (Fsp3) is 0.462. The van der Waals surface area contributed by atoms with Crippen molar-refractivity contribution in [2.75, 3.05) is 20.7 Å². The van der Waals surface area contributed by atoms with Gasteiger partial charge in [-0.25, -0.2) is 0 Å². The quantitative estimate of drug-likeness (QED) is 0.774. The van der Waals surface area contributed by atoms with Crippen molar-refractivity contribution in [1.29, 1.82) is 0 Å². The minimum absolute atomic E-state index is 0.214. The van der Waals surface area contributed by atoms with Crippen LogP contribution in [0, 0.1) is 0 Å². The Labute approximate surface area is 110 Å². The third-order valence-electron chi connectivity index (χ3n) is 2.63. The lowest BCUT2D eigenvalue weighted by Crippen LogP contribution is -2.22. The van der Waals surface area contributed by atoms with Gasteiger partial charge in [-0.2, -0.15) is 13.2 Å². The van der Waals surface area contributed by atoms with Crippen LogP contribution < -0.4 is 0 Å². The van der Waals surface area contributed by atoms with Crippen molar-refractivity contribution in [3.8, 4) is 0 Å². The Morgan fingerprint density at radius 1 is 1.37 bits per heavy atom. The van der Waals surface area contributed by atoms with E-state index in [2.05, 4.69) is 4.74 Å². The third kappa shape index (κ3) is 5.30. The molecule has 0 amide bonds. The maximum atomic E-state index is 12.5. The Kier molecular flexibility index (Phi) is 5.35. The molecule has 0 aliphatic rings. The lowest BCUT2D eigenvalue weighted by molar-refractivity contribution is -0.141. The predicted octanol–water partition coefficient (Wildman–Crippen LogP) is 2.70. The average molecular weight is 275 g/mol. The highest BCUT2D eigenvalue weighted by Crippen LogP contribution is 2.29. The Bertz CT molecular complexity index is 432. The highest BCUT2D eigenvalue weighted by atomic mass is 19.4. The van der Waals surface area contributed by atoms with Crippen LogP contribution in [0.4, 0.5) is 13.2 Å². The summed E-state index contributed by atoms with van der Waals surface area (Å²) in [4.78, 5) is 12.7. The SMILES string of the molecule is COC(=O)CCN(C)Cc1cccc(C(F)(F)F)c1. The molecule has 0 aliphatic heterocycles. The number of hydrogen-bond donors (Lipinski definition) is 0. The zero-order valence-corrected chi connectivity index (χ0v) is 10.8. The van der Waals surface area contributed by atoms with Gasteiger partial charge in [-0.3, -0.25) is 4.79 Å². The van der Waals surface area contributed by atoms with Crippen molar-refractivity contribution in [2.24, 2.45) is 0 Å². The first-order chi connectivity index (χ1) is 8.82. The number of rotatable bonds is 5. The van der Waals surface area contributed by atoms with Crippen molar-refractivity contribution in [3.05, 3.63) is 35.4 Å². The number of alkyl halides is 3. The molecule has 0 saturated heterocycles. The molecule has 0 spiro atoms. The Hall–Kier alpha value is -1.56. The van der Waals surface area contributed by atoms with Crippen molar-refractivity contribution in [1.82, 2.24) is 4.90 Å². The molecular formula is C13H16F3NO2. The summed E-state index contributed by atoms with van der Waals surface area (Å²) in [5, 5.41) is 0. The van der Waals surface area contributed by atoms with E-state index in [4.69, 9.17) is 0 Å². The van der Waals surface area contributed by atoms with Gasteiger partial charge < -0.3 is 9.64 Å². The molecule has 0 saturated carbocycles. The van der Waals surface area contributed by atoms with Crippen molar-refractivity contribution >= 4 is 5.97 Å². The Morgan fingerprint density at radius 3 is 2.63 bits per heavy atom. The molecule has 0 heterocycles. The molecule has 0 aliphatic carbocycles. The zero-order valence-electron chi connectivity index (χ0n) is 10.8. The van der Waals surface area contributed by atoms with Crippen LogP contribution in [-0.4, -0.2) is 31.6 Å². The van der Waals surface area contributed by atoms with E-state index in [1.54, 1.807) is 18.0 Å². The van der Waals surface area contributed by atoms with Crippen LogP contribution in [0.2, 0.25) is 0 Å². The van der Waals surface area contributed by atoms with E-state index in [1.165, 1.54) is 13.2 Å². The molecular weight excluding hydrogens is 259 g/mol. The Morgan fingerprint density at radius 2 is 2.05 bits per heavy atom. The summed E-state index contributed by atoms with van der Waals surface area (Å²) in [6.07, 6.45) is -4.12. The summed E-state index contributed by atoms with van der Waals surface area (Å²) >= 11 is 0. The first-order valence-electron chi connectivity index (χ1n) is 5.74. The van der Waals surface area contributed by atoms with E-state index in [9.17, 15) is 18.0 Å². The second-order valence-electron chi connectivity index (χ2n) is 4.26. The number of benzene rings is 1. The summed E-state index contributed by atoms with van der Waals surface area (Å²) in [6, 6.07) is 5.17. The molecule has 0 aromatic heterocycles. The van der Waals surface area contributed by atoms with Gasteiger partial charge in [-0.1, -0.05) is 18.2 Å². The van der Waals surface area contributed by atoms with E-state index >= 15 is 0 Å². The first kappa shape index (κ1) is 15.5. The average Bonchev–Trinajstić information content (AvgIpc) is 2.35. The van der Waals surface area contributed by atoms with E-state index in [0.717, 1.165) is 12.1 Å². The van der Waals surface area contributed by atoms with Gasteiger partial charge in [0.05, 0.1) is 19.1 Å². The van der Waals surface area contributed by atoms with Crippen LogP contribution in [0.15, 0.2) is 24.3 Å². The van der Waals surface area contributed by atoms with Crippen LogP contribution in [0.3, 0.4) is 0 Å². The van der Waals surface area contributed by atoms with Crippen LogP contribution >= 0.6 is 0 Å². The molecule has 19 heavy (non-hydrogen) atoms. The molecule has 0 bridgehead atoms. The van der Waals surface area contributed by atoms with Crippen LogP contribution in [0.25, 0.3) is 0 Å². The van der Waals surface area contributed by atoms with E-state index in [-0.39, 0.29) is 12.4 Å². The molecule has 0 N–H and O–H groups in total. The number of ether oxygens (including phenoxy) is 1. The summed E-state index contributed by atoms with van der Waals surface area (Å²) in [5.41, 5.74) is -0.103. The summed E-state index contributed by atoms with van der Waals surface area (Å²) in [7, 11) is 3.04. The van der Waals surface area contributed by atoms with Gasteiger partial charge in [0, 0.05) is 13.1 Å². The van der Waals surface area contributed by atoms with Crippen molar-refractivity contribution in [3.63, 3.8) is 0 Å². The second kappa shape index (κ2) is 6.56. The van der Waals surface area contributed by atoms with Gasteiger partial charge in [0.2, 0.25) is 0 Å². The number of methoxy groups -OCH3 is 1. The molecule has 1 rings (SSSR count). The summed E-state index contributed by atoms with van der Waals surface area (Å²) < 4.78 is 42.1. The molecule has 1 aromatic carbocycles. The van der Waals surface area contributed by atoms with E-state index in [1.807, 2.05) is 0 Å². The first-order valence-corrected chi connectivity index (χ1v) is 5.74. The Balaban J connectivity index is 2.59. The smallest absolute Gasteiger partial charge is 0.416 e. The molecule has 106 valence electrons. The van der Waals surface area contributed by atoms with Crippen LogP contribution in [0.5, 0.6) is 0 Å². The van der Waals surface area contributed by atoms with Gasteiger partial charge in [-0.15, -0.1) is 0 Å². The lowest BCUT2D eigenvalue weighted by atomic mass is 10.1. The number of halogens is 3. The number of hydrogen-bond acceptors (Lipinski definition) is 3. The largest absolute Gasteiger partial charge is 0.469 e. The highest BCUT2D eigenvalue weighted by molar-refractivity contribution is 5.69. The topological polar surface area (TPSA) is 29.5 Å². The number of nitrogens with zero attached hydrogens (tertiary/aromatic N) is 1. The van der Waals surface area contributed by atoms with E-state index in [0.29, 0.717) is 18.7 Å². The standard InChI is InChI=1S/C13H16F3NO2/c1-17(7-6-12(18)19-2)9-10-4-3-5-11(8-10)13(14,15)16/h3-5,8H,6-7,9H2,1-2H3. The van der Waals surface area contributed by atoms with Gasteiger partial charge in [0.1, 0.15) is 0 Å². The fourth-order valence-corrected chi connectivity index (χ4v) is 1.62. The monoisotopic (exact) mass is 275 g/mol. The number of carbonyl (C=O) groups excluding carboxylic acids is 1. The number of esters is 1. The minimum atomic E-state index is -4.33. The zero-order chi connectivity index (χ0) is 14.5. The molecule has 0 unspecified atom stereocenters. The maximum absolute atomic E-state index is 12.5. The third-order valence-corrected chi connectivity index (χ3v) is 2.63. The fourth-order valence-electron chi connectivity index (χ4n) is 1.62. The molecule has 0 radical (unpaired) electrons. The van der Waals surface area contributed by atoms with Crippen LogP contribution in [0.1, 0.15) is 17.5 Å². The second-order valence-corrected chi connectivity index (χ2v) is 4.26. The van der Waals surface area contributed by atoms with Crippen molar-refractivity contribution in [2.45, 2.75) is 19.1 Å². The number of carbonyl (C=O) groups is 1. The molecule has 1 aromatic rings. The summed E-state index contributed by atoms with van der Waals surface area (Å²) in [6.45, 7) is 0.782. The lowest BCUT2D eigenvalue weighted by Gasteiger charge is -2.17. The normalized spacial score (nSPS) is 11.7. The maximum Gasteiger partial charge on any atom is 0.416 e. The van der Waals surface area contributed by atoms with Gasteiger partial charge in [0.25, 0.3) is 0 Å².